The maximum Gasteiger partial charge on any atom is 0.258 e. The zero-order valence-electron chi connectivity index (χ0n) is 29.2. The minimum absolute atomic E-state index is 0.0819. The predicted molar refractivity (Wildman–Crippen MR) is 205 cm³/mol. The molecule has 0 fully saturated rings. The second-order valence-corrected chi connectivity index (χ2v) is 12.8. The highest BCUT2D eigenvalue weighted by atomic mass is 16.3. The summed E-state index contributed by atoms with van der Waals surface area (Å²) >= 11 is 0. The van der Waals surface area contributed by atoms with E-state index in [0.29, 0.717) is 24.2 Å². The Morgan fingerprint density at radius 2 is 0.800 bits per heavy atom. The number of phenolic OH excluding ortho intramolecular Hbond substituents is 2. The van der Waals surface area contributed by atoms with Gasteiger partial charge in [0.2, 0.25) is 0 Å². The smallest absolute Gasteiger partial charge is 0.258 e. The molecule has 0 aliphatic carbocycles. The van der Waals surface area contributed by atoms with Gasteiger partial charge >= 0.3 is 0 Å². The molecule has 5 rings (SSSR count). The number of benzene rings is 5. The third-order valence-electron chi connectivity index (χ3n) is 9.08. The Hall–Kier alpha value is -5.36. The van der Waals surface area contributed by atoms with Crippen molar-refractivity contribution in [2.24, 2.45) is 0 Å². The first kappa shape index (κ1) is 35.9. The number of amides is 2. The first-order chi connectivity index (χ1) is 24.4. The molecule has 6 heteroatoms. The van der Waals surface area contributed by atoms with Gasteiger partial charge < -0.3 is 20.0 Å². The summed E-state index contributed by atoms with van der Waals surface area (Å²) in [6, 6.07) is 37.1. The summed E-state index contributed by atoms with van der Waals surface area (Å²) in [4.78, 5) is 32.0. The maximum absolute atomic E-state index is 14.1. The molecule has 0 bridgehead atoms. The Morgan fingerprint density at radius 1 is 0.460 bits per heavy atom. The van der Waals surface area contributed by atoms with Gasteiger partial charge in [-0.15, -0.1) is 0 Å². The summed E-state index contributed by atoms with van der Waals surface area (Å²) in [7, 11) is 0. The number of nitrogens with zero attached hydrogens (tertiary/aromatic N) is 2. The zero-order chi connectivity index (χ0) is 35.3. The van der Waals surface area contributed by atoms with E-state index in [2.05, 4.69) is 13.8 Å². The van der Waals surface area contributed by atoms with Crippen LogP contribution in [0.1, 0.15) is 85.9 Å². The molecule has 0 saturated carbocycles. The fourth-order valence-electron chi connectivity index (χ4n) is 6.15. The van der Waals surface area contributed by atoms with Crippen LogP contribution < -0.4 is 9.80 Å². The molecule has 0 aromatic heterocycles. The molecule has 0 aliphatic rings. The molecule has 258 valence electrons. The monoisotopic (exact) mass is 668 g/mol. The molecule has 6 nitrogen and oxygen atoms in total. The molecule has 0 spiro atoms. The van der Waals surface area contributed by atoms with Crippen molar-refractivity contribution in [3.8, 4) is 33.8 Å². The summed E-state index contributed by atoms with van der Waals surface area (Å²) in [6.45, 7) is 5.50. The summed E-state index contributed by atoms with van der Waals surface area (Å²) < 4.78 is 0. The van der Waals surface area contributed by atoms with E-state index in [0.717, 1.165) is 85.0 Å². The van der Waals surface area contributed by atoms with Gasteiger partial charge in [0.05, 0.1) is 0 Å². The highest BCUT2D eigenvalue weighted by Gasteiger charge is 2.22. The molecule has 0 unspecified atom stereocenters. The third-order valence-corrected chi connectivity index (χ3v) is 9.08. The van der Waals surface area contributed by atoms with Crippen LogP contribution in [-0.2, 0) is 0 Å². The summed E-state index contributed by atoms with van der Waals surface area (Å²) in [5.41, 5.74) is 6.57. The minimum atomic E-state index is -0.0819. The fourth-order valence-corrected chi connectivity index (χ4v) is 6.15. The van der Waals surface area contributed by atoms with Crippen LogP contribution in [0, 0.1) is 0 Å². The van der Waals surface area contributed by atoms with Gasteiger partial charge in [0.25, 0.3) is 11.8 Å². The van der Waals surface area contributed by atoms with Crippen LogP contribution in [0.2, 0.25) is 0 Å². The molecule has 50 heavy (non-hydrogen) atoms. The number of carbonyl (C=O) groups is 2. The average Bonchev–Trinajstić information content (AvgIpc) is 3.15. The highest BCUT2D eigenvalue weighted by Crippen LogP contribution is 2.29. The molecule has 2 N–H and O–H groups in total. The maximum atomic E-state index is 14.1. The van der Waals surface area contributed by atoms with Crippen molar-refractivity contribution in [3.63, 3.8) is 0 Å². The molecule has 0 aliphatic heterocycles. The lowest BCUT2D eigenvalue weighted by atomic mass is 10.0. The highest BCUT2D eigenvalue weighted by molar-refractivity contribution is 6.08. The third kappa shape index (κ3) is 9.41. The van der Waals surface area contributed by atoms with Crippen molar-refractivity contribution in [3.05, 3.63) is 132 Å². The number of rotatable bonds is 16. The van der Waals surface area contributed by atoms with Crippen LogP contribution in [0.3, 0.4) is 0 Å². The van der Waals surface area contributed by atoms with Crippen molar-refractivity contribution in [1.82, 2.24) is 0 Å². The van der Waals surface area contributed by atoms with Crippen LogP contribution in [0.25, 0.3) is 22.3 Å². The topological polar surface area (TPSA) is 81.1 Å². The number of unbranched alkanes of at least 4 members (excludes halogenated alkanes) is 6. The molecule has 0 saturated heterocycles. The largest absolute Gasteiger partial charge is 0.508 e. The van der Waals surface area contributed by atoms with Gasteiger partial charge in [0.15, 0.2) is 0 Å². The van der Waals surface area contributed by atoms with Crippen LogP contribution in [0.15, 0.2) is 121 Å². The number of carbonyl (C=O) groups excluding carboxylic acids is 2. The van der Waals surface area contributed by atoms with E-state index < -0.39 is 0 Å². The van der Waals surface area contributed by atoms with E-state index in [1.165, 1.54) is 0 Å². The molecule has 0 radical (unpaired) electrons. The van der Waals surface area contributed by atoms with Gasteiger partial charge in [-0.25, -0.2) is 0 Å². The second-order valence-electron chi connectivity index (χ2n) is 12.8. The van der Waals surface area contributed by atoms with Gasteiger partial charge in [-0.05, 0) is 102 Å². The molecule has 5 aromatic carbocycles. The molecule has 0 atom stereocenters. The minimum Gasteiger partial charge on any atom is -0.508 e. The summed E-state index contributed by atoms with van der Waals surface area (Å²) in [5, 5.41) is 19.4. The lowest BCUT2D eigenvalue weighted by Gasteiger charge is -2.27. The number of phenols is 2. The molecular weight excluding hydrogens is 620 g/mol. The number of hydrogen-bond donors (Lipinski definition) is 2. The standard InChI is InChI=1S/C44H48N2O4/c1-3-5-7-9-30-45(43(49)37-18-14-33(15-19-37)35-22-26-41(47)27-23-35)39-12-11-13-40(32-39)46(31-10-8-6-4-2)44(50)38-20-16-34(17-21-38)36-24-28-42(48)29-25-36/h11-29,32,47-48H,3-10,30-31H2,1-2H3. The van der Waals surface area contributed by atoms with Crippen molar-refractivity contribution in [1.29, 1.82) is 0 Å². The quantitative estimate of drug-likeness (QED) is 0.103. The Kier molecular flexibility index (Phi) is 12.8. The van der Waals surface area contributed by atoms with E-state index in [-0.39, 0.29) is 23.3 Å². The van der Waals surface area contributed by atoms with E-state index >= 15 is 0 Å². The van der Waals surface area contributed by atoms with Crippen LogP contribution in [-0.4, -0.2) is 35.1 Å². The lowest BCUT2D eigenvalue weighted by molar-refractivity contribution is 0.0980. The van der Waals surface area contributed by atoms with E-state index in [4.69, 9.17) is 0 Å². The molecular formula is C44H48N2O4. The fraction of sp³-hybridized carbons (Fsp3) is 0.273. The average molecular weight is 669 g/mol. The van der Waals surface area contributed by atoms with Crippen LogP contribution in [0.5, 0.6) is 11.5 Å². The Morgan fingerprint density at radius 3 is 1.14 bits per heavy atom. The van der Waals surface area contributed by atoms with Crippen molar-refractivity contribution >= 4 is 23.2 Å². The predicted octanol–water partition coefficient (Wildman–Crippen LogP) is 10.9. The Bertz CT molecular complexity index is 1680. The van der Waals surface area contributed by atoms with E-state index in [9.17, 15) is 19.8 Å². The normalized spacial score (nSPS) is 10.9. The van der Waals surface area contributed by atoms with Crippen molar-refractivity contribution < 1.29 is 19.8 Å². The summed E-state index contributed by atoms with van der Waals surface area (Å²) in [5.74, 6) is 0.264. The van der Waals surface area contributed by atoms with Gasteiger partial charge in [-0.1, -0.05) is 107 Å². The first-order valence-electron chi connectivity index (χ1n) is 17.9. The van der Waals surface area contributed by atoms with E-state index in [1.54, 1.807) is 24.3 Å². The molecule has 2 amide bonds. The Labute approximate surface area is 296 Å². The Balaban J connectivity index is 1.42. The van der Waals surface area contributed by atoms with Gasteiger partial charge in [0, 0.05) is 35.6 Å². The number of aromatic hydroxyl groups is 2. The number of hydrogen-bond acceptors (Lipinski definition) is 4. The number of anilines is 2. The summed E-state index contributed by atoms with van der Waals surface area (Å²) in [6.07, 6.45) is 8.24. The van der Waals surface area contributed by atoms with Gasteiger partial charge in [-0.2, -0.15) is 0 Å². The zero-order valence-corrected chi connectivity index (χ0v) is 29.2. The first-order valence-corrected chi connectivity index (χ1v) is 17.9. The second kappa shape index (κ2) is 17.9. The molecule has 5 aromatic rings. The molecule has 0 heterocycles. The van der Waals surface area contributed by atoms with E-state index in [1.807, 2.05) is 107 Å². The van der Waals surface area contributed by atoms with Crippen molar-refractivity contribution in [2.75, 3.05) is 22.9 Å². The van der Waals surface area contributed by atoms with Gasteiger partial charge in [0.1, 0.15) is 11.5 Å². The van der Waals surface area contributed by atoms with Crippen LogP contribution in [0.4, 0.5) is 11.4 Å². The van der Waals surface area contributed by atoms with Crippen LogP contribution >= 0.6 is 0 Å². The van der Waals surface area contributed by atoms with Crippen molar-refractivity contribution in [2.45, 2.75) is 65.2 Å². The SMILES string of the molecule is CCCCCCN(C(=O)c1ccc(-c2ccc(O)cc2)cc1)c1cccc(N(CCCCCC)C(=O)c2ccc(-c3ccc(O)cc3)cc2)c1. The van der Waals surface area contributed by atoms with Gasteiger partial charge in [-0.3, -0.25) is 9.59 Å². The lowest BCUT2D eigenvalue weighted by Crippen LogP contribution is -2.34.